The van der Waals surface area contributed by atoms with Crippen LogP contribution in [-0.4, -0.2) is 14.5 Å². The van der Waals surface area contributed by atoms with Crippen molar-refractivity contribution in [3.63, 3.8) is 0 Å². The molecule has 0 atom stereocenters. The van der Waals surface area contributed by atoms with Gasteiger partial charge >= 0.3 is 0 Å². The molecule has 0 bridgehead atoms. The van der Waals surface area contributed by atoms with Crippen molar-refractivity contribution in [2.75, 3.05) is 0 Å². The van der Waals surface area contributed by atoms with Crippen LogP contribution in [0.3, 0.4) is 0 Å². The molecular weight excluding hydrogens is 414 g/mol. The SMILES string of the molecule is Cc1ccc2nc(C(C#N)=Cc3cc(C)n(-c4sc5c(c4C#N)CCCC5)c3C)[nH]c2c1. The van der Waals surface area contributed by atoms with Crippen LogP contribution in [0.1, 0.15) is 57.2 Å². The molecule has 5 nitrogen and oxygen atoms in total. The number of aromatic nitrogens is 3. The summed E-state index contributed by atoms with van der Waals surface area (Å²) in [6.07, 6.45) is 6.29. The molecule has 32 heavy (non-hydrogen) atoms. The number of hydrogen-bond acceptors (Lipinski definition) is 4. The van der Waals surface area contributed by atoms with Crippen LogP contribution in [-0.2, 0) is 12.8 Å². The van der Waals surface area contributed by atoms with Gasteiger partial charge < -0.3 is 9.55 Å². The Labute approximate surface area is 191 Å². The Morgan fingerprint density at radius 1 is 1.16 bits per heavy atom. The van der Waals surface area contributed by atoms with Crippen molar-refractivity contribution in [1.82, 2.24) is 14.5 Å². The first kappa shape index (κ1) is 20.3. The first-order valence-corrected chi connectivity index (χ1v) is 11.6. The molecule has 0 saturated heterocycles. The number of hydrogen-bond donors (Lipinski definition) is 1. The van der Waals surface area contributed by atoms with Crippen molar-refractivity contribution < 1.29 is 0 Å². The summed E-state index contributed by atoms with van der Waals surface area (Å²) in [5.41, 5.74) is 8.50. The molecule has 1 aromatic carbocycles. The average Bonchev–Trinajstić information content (AvgIpc) is 3.44. The second-order valence-corrected chi connectivity index (χ2v) is 9.52. The number of aryl methyl sites for hydroxylation is 3. The lowest BCUT2D eigenvalue weighted by atomic mass is 9.96. The third kappa shape index (κ3) is 3.25. The number of fused-ring (bicyclic) bond motifs is 2. The Kier molecular flexibility index (Phi) is 4.96. The highest BCUT2D eigenvalue weighted by Gasteiger charge is 2.24. The second-order valence-electron chi connectivity index (χ2n) is 8.44. The number of thiophene rings is 1. The molecule has 158 valence electrons. The van der Waals surface area contributed by atoms with Crippen molar-refractivity contribution >= 4 is 34.0 Å². The third-order valence-electron chi connectivity index (χ3n) is 6.25. The molecule has 3 heterocycles. The van der Waals surface area contributed by atoms with E-state index in [1.54, 1.807) is 11.3 Å². The number of H-pyrrole nitrogens is 1. The van der Waals surface area contributed by atoms with Gasteiger partial charge in [-0.25, -0.2) is 4.98 Å². The third-order valence-corrected chi connectivity index (χ3v) is 7.53. The Balaban J connectivity index is 1.61. The summed E-state index contributed by atoms with van der Waals surface area (Å²) < 4.78 is 2.17. The Bertz CT molecular complexity index is 1480. The highest BCUT2D eigenvalue weighted by Crippen LogP contribution is 2.38. The maximum Gasteiger partial charge on any atom is 0.149 e. The lowest BCUT2D eigenvalue weighted by Gasteiger charge is -2.10. The minimum absolute atomic E-state index is 0.491. The lowest BCUT2D eigenvalue weighted by molar-refractivity contribution is 0.695. The van der Waals surface area contributed by atoms with Crippen molar-refractivity contribution in [2.45, 2.75) is 46.5 Å². The Hall–Kier alpha value is -3.61. The van der Waals surface area contributed by atoms with Crippen LogP contribution in [0, 0.1) is 43.4 Å². The van der Waals surface area contributed by atoms with E-state index in [4.69, 9.17) is 0 Å². The van der Waals surface area contributed by atoms with E-state index in [9.17, 15) is 10.5 Å². The van der Waals surface area contributed by atoms with Gasteiger partial charge in [-0.1, -0.05) is 6.07 Å². The molecule has 0 aliphatic heterocycles. The fourth-order valence-electron chi connectivity index (χ4n) is 4.63. The number of nitrogens with one attached hydrogen (secondary N) is 1. The van der Waals surface area contributed by atoms with E-state index in [1.165, 1.54) is 16.9 Å². The number of nitriles is 2. The van der Waals surface area contributed by atoms with E-state index >= 15 is 0 Å². The molecule has 0 amide bonds. The Morgan fingerprint density at radius 3 is 2.75 bits per heavy atom. The van der Waals surface area contributed by atoms with Gasteiger partial charge in [0.25, 0.3) is 0 Å². The van der Waals surface area contributed by atoms with Crippen molar-refractivity contribution in [2.24, 2.45) is 0 Å². The zero-order chi connectivity index (χ0) is 22.4. The van der Waals surface area contributed by atoms with E-state index in [0.717, 1.165) is 63.4 Å². The molecule has 6 heteroatoms. The molecule has 1 N–H and O–H groups in total. The predicted molar refractivity (Wildman–Crippen MR) is 129 cm³/mol. The number of allylic oxidation sites excluding steroid dienone is 1. The Morgan fingerprint density at radius 2 is 1.97 bits per heavy atom. The van der Waals surface area contributed by atoms with Gasteiger partial charge in [0.1, 0.15) is 23.0 Å². The number of imidazole rings is 1. The van der Waals surface area contributed by atoms with Crippen LogP contribution in [0.25, 0.3) is 27.7 Å². The fourth-order valence-corrected chi connectivity index (χ4v) is 6.08. The topological polar surface area (TPSA) is 81.2 Å². The van der Waals surface area contributed by atoms with Gasteiger partial charge in [-0.2, -0.15) is 10.5 Å². The molecular formula is C26H23N5S. The van der Waals surface area contributed by atoms with E-state index in [2.05, 4.69) is 46.6 Å². The summed E-state index contributed by atoms with van der Waals surface area (Å²) in [6, 6.07) is 12.9. The molecule has 0 unspecified atom stereocenters. The van der Waals surface area contributed by atoms with E-state index < -0.39 is 0 Å². The van der Waals surface area contributed by atoms with E-state index in [0.29, 0.717) is 11.4 Å². The molecule has 0 fully saturated rings. The summed E-state index contributed by atoms with van der Waals surface area (Å²) >= 11 is 1.74. The number of aromatic amines is 1. The molecule has 0 radical (unpaired) electrons. The van der Waals surface area contributed by atoms with Crippen molar-refractivity contribution in [3.05, 3.63) is 68.6 Å². The molecule has 5 rings (SSSR count). The molecule has 3 aromatic heterocycles. The van der Waals surface area contributed by atoms with Gasteiger partial charge in [-0.05, 0) is 87.4 Å². The predicted octanol–water partition coefficient (Wildman–Crippen LogP) is 6.16. The zero-order valence-corrected chi connectivity index (χ0v) is 19.2. The van der Waals surface area contributed by atoms with Crippen LogP contribution in [0.15, 0.2) is 24.3 Å². The monoisotopic (exact) mass is 437 g/mol. The van der Waals surface area contributed by atoms with Gasteiger partial charge in [0.2, 0.25) is 0 Å². The van der Waals surface area contributed by atoms with Gasteiger partial charge in [0, 0.05) is 16.3 Å². The number of rotatable bonds is 3. The van der Waals surface area contributed by atoms with Crippen LogP contribution in [0.5, 0.6) is 0 Å². The summed E-state index contributed by atoms with van der Waals surface area (Å²) in [5.74, 6) is 0.571. The summed E-state index contributed by atoms with van der Waals surface area (Å²) in [4.78, 5) is 9.25. The molecule has 1 aliphatic rings. The van der Waals surface area contributed by atoms with Crippen molar-refractivity contribution in [1.29, 1.82) is 10.5 Å². The minimum atomic E-state index is 0.491. The van der Waals surface area contributed by atoms with Crippen molar-refractivity contribution in [3.8, 4) is 17.1 Å². The smallest absolute Gasteiger partial charge is 0.149 e. The van der Waals surface area contributed by atoms with E-state index in [-0.39, 0.29) is 0 Å². The standard InChI is InChI=1S/C26H23N5S/c1-15-8-9-22-23(10-15)30-25(29-22)19(13-27)12-18-11-16(2)31(17(18)3)26-21(14-28)20-6-4-5-7-24(20)32-26/h8-12H,4-7H2,1-3H3,(H,29,30). The normalized spacial score (nSPS) is 13.7. The minimum Gasteiger partial charge on any atom is -0.337 e. The summed E-state index contributed by atoms with van der Waals surface area (Å²) in [5, 5.41) is 20.8. The quantitative estimate of drug-likeness (QED) is 0.390. The second kappa shape index (κ2) is 7.82. The van der Waals surface area contributed by atoms with Gasteiger partial charge in [-0.15, -0.1) is 11.3 Å². The van der Waals surface area contributed by atoms with Crippen LogP contribution < -0.4 is 0 Å². The average molecular weight is 438 g/mol. The van der Waals surface area contributed by atoms with Gasteiger partial charge in [0.05, 0.1) is 22.2 Å². The largest absolute Gasteiger partial charge is 0.337 e. The number of nitrogens with zero attached hydrogens (tertiary/aromatic N) is 4. The summed E-state index contributed by atoms with van der Waals surface area (Å²) in [6.45, 7) is 6.14. The lowest BCUT2D eigenvalue weighted by Crippen LogP contribution is -2.02. The zero-order valence-electron chi connectivity index (χ0n) is 18.4. The molecule has 0 spiro atoms. The van der Waals surface area contributed by atoms with E-state index in [1.807, 2.05) is 31.2 Å². The highest BCUT2D eigenvalue weighted by molar-refractivity contribution is 7.15. The highest BCUT2D eigenvalue weighted by atomic mass is 32.1. The number of benzene rings is 1. The molecule has 4 aromatic rings. The maximum atomic E-state index is 9.91. The maximum absolute atomic E-state index is 9.91. The first-order valence-electron chi connectivity index (χ1n) is 10.8. The first-order chi connectivity index (χ1) is 15.5. The summed E-state index contributed by atoms with van der Waals surface area (Å²) in [7, 11) is 0. The van der Waals surface area contributed by atoms with Crippen LogP contribution in [0.2, 0.25) is 0 Å². The van der Waals surface area contributed by atoms with Gasteiger partial charge in [-0.3, -0.25) is 0 Å². The molecule has 1 aliphatic carbocycles. The fraction of sp³-hybridized carbons (Fsp3) is 0.269. The van der Waals surface area contributed by atoms with Gasteiger partial charge in [0.15, 0.2) is 0 Å². The molecule has 0 saturated carbocycles. The van der Waals surface area contributed by atoms with Crippen LogP contribution in [0.4, 0.5) is 0 Å². The van der Waals surface area contributed by atoms with Crippen LogP contribution >= 0.6 is 11.3 Å².